The van der Waals surface area contributed by atoms with E-state index in [4.69, 9.17) is 9.73 Å². The normalized spacial score (nSPS) is 23.1. The third-order valence-corrected chi connectivity index (χ3v) is 4.48. The fourth-order valence-corrected chi connectivity index (χ4v) is 3.41. The lowest BCUT2D eigenvalue weighted by Gasteiger charge is -2.22. The first-order valence-corrected chi connectivity index (χ1v) is 8.98. The van der Waals surface area contributed by atoms with Gasteiger partial charge in [0.25, 0.3) is 0 Å². The topological polar surface area (TPSA) is 36.9 Å². The summed E-state index contributed by atoms with van der Waals surface area (Å²) >= 11 is 0. The molecule has 2 rings (SSSR count). The maximum absolute atomic E-state index is 5.36. The second-order valence-electron chi connectivity index (χ2n) is 6.90. The molecule has 0 aromatic carbocycles. The van der Waals surface area contributed by atoms with Crippen molar-refractivity contribution >= 4 is 5.96 Å². The van der Waals surface area contributed by atoms with E-state index in [-0.39, 0.29) is 0 Å². The molecule has 0 amide bonds. The van der Waals surface area contributed by atoms with E-state index in [1.54, 1.807) is 0 Å². The number of hydrogen-bond acceptors (Lipinski definition) is 2. The van der Waals surface area contributed by atoms with E-state index in [2.05, 4.69) is 37.1 Å². The smallest absolute Gasteiger partial charge is 0.193 e. The standard InChI is InChI=1S/C18H33N3O/c1-4-19-18(20-9-5-16-7-11-22-12-8-16)21-10-6-17(14-21)13-15(2)3/h7,15,17H,4-6,8-14H2,1-3H3,(H,19,20). The fourth-order valence-electron chi connectivity index (χ4n) is 3.41. The van der Waals surface area contributed by atoms with Gasteiger partial charge in [0.05, 0.1) is 13.2 Å². The molecule has 1 fully saturated rings. The summed E-state index contributed by atoms with van der Waals surface area (Å²) in [5.74, 6) is 2.74. The minimum atomic E-state index is 0.780. The number of guanidine groups is 1. The van der Waals surface area contributed by atoms with Crippen LogP contribution in [0, 0.1) is 11.8 Å². The second-order valence-corrected chi connectivity index (χ2v) is 6.90. The van der Waals surface area contributed by atoms with Crippen molar-refractivity contribution in [3.63, 3.8) is 0 Å². The average molecular weight is 307 g/mol. The zero-order chi connectivity index (χ0) is 15.8. The summed E-state index contributed by atoms with van der Waals surface area (Å²) in [4.78, 5) is 7.31. The molecule has 22 heavy (non-hydrogen) atoms. The molecular formula is C18H33N3O. The van der Waals surface area contributed by atoms with Crippen molar-refractivity contribution in [2.24, 2.45) is 16.8 Å². The highest BCUT2D eigenvalue weighted by Gasteiger charge is 2.25. The van der Waals surface area contributed by atoms with Crippen LogP contribution in [0.3, 0.4) is 0 Å². The predicted molar refractivity (Wildman–Crippen MR) is 93.2 cm³/mol. The van der Waals surface area contributed by atoms with Gasteiger partial charge in [0, 0.05) is 26.2 Å². The summed E-state index contributed by atoms with van der Waals surface area (Å²) < 4.78 is 5.36. The largest absolute Gasteiger partial charge is 0.377 e. The zero-order valence-corrected chi connectivity index (χ0v) is 14.6. The molecule has 1 unspecified atom stereocenters. The number of nitrogens with one attached hydrogen (secondary N) is 1. The van der Waals surface area contributed by atoms with Crippen LogP contribution in [0.2, 0.25) is 0 Å². The van der Waals surface area contributed by atoms with Crippen molar-refractivity contribution in [1.29, 1.82) is 0 Å². The molecule has 0 aromatic heterocycles. The Morgan fingerprint density at radius 1 is 1.50 bits per heavy atom. The van der Waals surface area contributed by atoms with E-state index < -0.39 is 0 Å². The van der Waals surface area contributed by atoms with Gasteiger partial charge in [-0.1, -0.05) is 25.5 Å². The van der Waals surface area contributed by atoms with Crippen LogP contribution in [-0.4, -0.2) is 50.3 Å². The van der Waals surface area contributed by atoms with Gasteiger partial charge in [-0.2, -0.15) is 0 Å². The highest BCUT2D eigenvalue weighted by atomic mass is 16.5. The molecule has 0 saturated carbocycles. The second kappa shape index (κ2) is 9.19. The van der Waals surface area contributed by atoms with Gasteiger partial charge >= 0.3 is 0 Å². The number of nitrogens with zero attached hydrogens (tertiary/aromatic N) is 2. The highest BCUT2D eigenvalue weighted by Crippen LogP contribution is 2.23. The van der Waals surface area contributed by atoms with Gasteiger partial charge < -0.3 is 15.0 Å². The van der Waals surface area contributed by atoms with Crippen molar-refractivity contribution in [3.05, 3.63) is 11.6 Å². The van der Waals surface area contributed by atoms with E-state index in [0.29, 0.717) is 0 Å². The van der Waals surface area contributed by atoms with E-state index in [9.17, 15) is 0 Å². The summed E-state index contributed by atoms with van der Waals surface area (Å²) in [6.07, 6.45) is 7.02. The molecule has 0 bridgehead atoms. The Bertz CT molecular complexity index is 390. The first-order valence-electron chi connectivity index (χ1n) is 8.98. The summed E-state index contributed by atoms with van der Waals surface area (Å²) in [7, 11) is 0. The predicted octanol–water partition coefficient (Wildman–Crippen LogP) is 3.06. The van der Waals surface area contributed by atoms with Crippen LogP contribution in [0.25, 0.3) is 0 Å². The van der Waals surface area contributed by atoms with Crippen LogP contribution < -0.4 is 5.32 Å². The molecule has 2 aliphatic heterocycles. The fraction of sp³-hybridized carbons (Fsp3) is 0.833. The molecule has 4 nitrogen and oxygen atoms in total. The lowest BCUT2D eigenvalue weighted by atomic mass is 9.97. The highest BCUT2D eigenvalue weighted by molar-refractivity contribution is 5.80. The Hall–Kier alpha value is -1.03. The van der Waals surface area contributed by atoms with Crippen molar-refractivity contribution in [2.45, 2.75) is 46.5 Å². The molecule has 0 aromatic rings. The van der Waals surface area contributed by atoms with Crippen LogP contribution in [0.5, 0.6) is 0 Å². The first-order chi connectivity index (χ1) is 10.7. The first kappa shape index (κ1) is 17.3. The third-order valence-electron chi connectivity index (χ3n) is 4.48. The maximum atomic E-state index is 5.36. The minimum Gasteiger partial charge on any atom is -0.377 e. The van der Waals surface area contributed by atoms with Gasteiger partial charge in [-0.25, -0.2) is 0 Å². The molecule has 0 spiro atoms. The zero-order valence-electron chi connectivity index (χ0n) is 14.6. The molecule has 2 heterocycles. The van der Waals surface area contributed by atoms with Crippen molar-refractivity contribution in [1.82, 2.24) is 10.2 Å². The van der Waals surface area contributed by atoms with E-state index in [1.807, 2.05) is 0 Å². The van der Waals surface area contributed by atoms with Crippen LogP contribution in [0.15, 0.2) is 16.6 Å². The van der Waals surface area contributed by atoms with Crippen LogP contribution in [-0.2, 0) is 4.74 Å². The molecule has 1 saturated heterocycles. The van der Waals surface area contributed by atoms with Gasteiger partial charge in [0.1, 0.15) is 0 Å². The summed E-state index contributed by atoms with van der Waals surface area (Å²) in [6, 6.07) is 0. The lowest BCUT2D eigenvalue weighted by molar-refractivity contribution is 0.153. The SMILES string of the molecule is CCNC(=NCCC1=CCOCC1)N1CCC(CC(C)C)C1. The monoisotopic (exact) mass is 307 g/mol. The minimum absolute atomic E-state index is 0.780. The maximum Gasteiger partial charge on any atom is 0.193 e. The Morgan fingerprint density at radius 2 is 2.36 bits per heavy atom. The van der Waals surface area contributed by atoms with Gasteiger partial charge in [-0.05, 0) is 44.4 Å². The molecule has 4 heteroatoms. The van der Waals surface area contributed by atoms with Gasteiger partial charge in [-0.15, -0.1) is 0 Å². The molecular weight excluding hydrogens is 274 g/mol. The van der Waals surface area contributed by atoms with Crippen LogP contribution in [0.1, 0.15) is 46.5 Å². The summed E-state index contributed by atoms with van der Waals surface area (Å²) in [5.41, 5.74) is 1.50. The van der Waals surface area contributed by atoms with Crippen LogP contribution in [0.4, 0.5) is 0 Å². The molecule has 1 atom stereocenters. The third kappa shape index (κ3) is 5.64. The van der Waals surface area contributed by atoms with Gasteiger partial charge in [0.15, 0.2) is 5.96 Å². The van der Waals surface area contributed by atoms with Crippen molar-refractivity contribution < 1.29 is 4.74 Å². The Balaban J connectivity index is 1.83. The molecule has 126 valence electrons. The average Bonchev–Trinajstić information content (AvgIpc) is 2.95. The van der Waals surface area contributed by atoms with Crippen molar-refractivity contribution in [2.75, 3.05) is 39.4 Å². The molecule has 1 N–H and O–H groups in total. The number of likely N-dealkylation sites (tertiary alicyclic amines) is 1. The van der Waals surface area contributed by atoms with Crippen molar-refractivity contribution in [3.8, 4) is 0 Å². The number of rotatable bonds is 6. The molecule has 2 aliphatic rings. The quantitative estimate of drug-likeness (QED) is 0.465. The molecule has 0 aliphatic carbocycles. The Morgan fingerprint density at radius 3 is 3.05 bits per heavy atom. The van der Waals surface area contributed by atoms with Gasteiger partial charge in [0.2, 0.25) is 0 Å². The summed E-state index contributed by atoms with van der Waals surface area (Å²) in [6.45, 7) is 12.6. The van der Waals surface area contributed by atoms with Gasteiger partial charge in [-0.3, -0.25) is 4.99 Å². The lowest BCUT2D eigenvalue weighted by Crippen LogP contribution is -2.40. The van der Waals surface area contributed by atoms with E-state index in [1.165, 1.54) is 25.0 Å². The number of aliphatic imine (C=N–C) groups is 1. The Labute approximate surface area is 136 Å². The number of hydrogen-bond donors (Lipinski definition) is 1. The molecule has 0 radical (unpaired) electrons. The number of ether oxygens (including phenoxy) is 1. The van der Waals surface area contributed by atoms with Crippen LogP contribution >= 0.6 is 0 Å². The van der Waals surface area contributed by atoms with E-state index >= 15 is 0 Å². The summed E-state index contributed by atoms with van der Waals surface area (Å²) in [5, 5.41) is 3.47. The Kier molecular flexibility index (Phi) is 7.23. The van der Waals surface area contributed by atoms with E-state index in [0.717, 1.165) is 63.5 Å².